The summed E-state index contributed by atoms with van der Waals surface area (Å²) in [5.74, 6) is 0. The van der Waals surface area contributed by atoms with Crippen LogP contribution < -0.4 is 5.73 Å². The Labute approximate surface area is 101 Å². The predicted molar refractivity (Wildman–Crippen MR) is 68.7 cm³/mol. The molecule has 2 N–H and O–H groups in total. The van der Waals surface area contributed by atoms with Crippen molar-refractivity contribution in [3.63, 3.8) is 0 Å². The van der Waals surface area contributed by atoms with Gasteiger partial charge in [0.2, 0.25) is 0 Å². The van der Waals surface area contributed by atoms with E-state index in [4.69, 9.17) is 5.73 Å². The third kappa shape index (κ3) is 2.11. The van der Waals surface area contributed by atoms with Crippen molar-refractivity contribution >= 4 is 0 Å². The highest BCUT2D eigenvalue weighted by atomic mass is 15.1. The van der Waals surface area contributed by atoms with Gasteiger partial charge in [-0.2, -0.15) is 0 Å². The first-order valence-electron chi connectivity index (χ1n) is 6.19. The summed E-state index contributed by atoms with van der Waals surface area (Å²) >= 11 is 0. The van der Waals surface area contributed by atoms with Crippen molar-refractivity contribution in [1.82, 2.24) is 9.55 Å². The van der Waals surface area contributed by atoms with Gasteiger partial charge in [-0.05, 0) is 36.9 Å². The molecule has 1 aliphatic rings. The summed E-state index contributed by atoms with van der Waals surface area (Å²) in [4.78, 5) is 4.26. The van der Waals surface area contributed by atoms with Crippen LogP contribution in [0, 0.1) is 0 Å². The third-order valence-electron chi connectivity index (χ3n) is 3.29. The minimum atomic E-state index is 0.677. The molecule has 88 valence electrons. The van der Waals surface area contributed by atoms with Gasteiger partial charge in [-0.15, -0.1) is 0 Å². The molecule has 17 heavy (non-hydrogen) atoms. The number of aromatic nitrogens is 2. The first-order valence-corrected chi connectivity index (χ1v) is 6.19. The van der Waals surface area contributed by atoms with Gasteiger partial charge in [0, 0.05) is 6.04 Å². The van der Waals surface area contributed by atoms with Gasteiger partial charge in [0.25, 0.3) is 0 Å². The first-order chi connectivity index (χ1) is 8.38. The molecule has 0 unspecified atom stereocenters. The Morgan fingerprint density at radius 1 is 1.24 bits per heavy atom. The van der Waals surface area contributed by atoms with Gasteiger partial charge >= 0.3 is 0 Å². The van der Waals surface area contributed by atoms with Gasteiger partial charge < -0.3 is 10.3 Å². The molecular formula is C14H17N3. The maximum atomic E-state index is 5.55. The Morgan fingerprint density at radius 2 is 2.00 bits per heavy atom. The Morgan fingerprint density at radius 3 is 2.65 bits per heavy atom. The van der Waals surface area contributed by atoms with E-state index in [0.717, 1.165) is 6.42 Å². The Kier molecular flexibility index (Phi) is 2.69. The minimum Gasteiger partial charge on any atom is -0.330 e. The van der Waals surface area contributed by atoms with E-state index in [9.17, 15) is 0 Å². The number of hydrogen-bond acceptors (Lipinski definition) is 2. The van der Waals surface area contributed by atoms with E-state index in [2.05, 4.69) is 33.8 Å². The van der Waals surface area contributed by atoms with Crippen molar-refractivity contribution in [1.29, 1.82) is 0 Å². The van der Waals surface area contributed by atoms with Crippen LogP contribution in [-0.4, -0.2) is 16.1 Å². The molecular weight excluding hydrogens is 210 g/mol. The van der Waals surface area contributed by atoms with Crippen LogP contribution in [0.1, 0.15) is 24.4 Å². The van der Waals surface area contributed by atoms with Gasteiger partial charge in [-0.25, -0.2) is 4.98 Å². The molecule has 3 nitrogen and oxygen atoms in total. The van der Waals surface area contributed by atoms with E-state index in [0.29, 0.717) is 12.6 Å². The average molecular weight is 227 g/mol. The Bertz CT molecular complexity index is 494. The molecule has 0 amide bonds. The minimum absolute atomic E-state index is 0.677. The quantitative estimate of drug-likeness (QED) is 0.871. The second kappa shape index (κ2) is 4.34. The van der Waals surface area contributed by atoms with E-state index in [-0.39, 0.29) is 0 Å². The lowest BCUT2D eigenvalue weighted by molar-refractivity contribution is 0.748. The zero-order chi connectivity index (χ0) is 11.7. The van der Waals surface area contributed by atoms with Crippen LogP contribution in [0.5, 0.6) is 0 Å². The Balaban J connectivity index is 1.89. The van der Waals surface area contributed by atoms with Crippen molar-refractivity contribution in [2.24, 2.45) is 5.73 Å². The van der Waals surface area contributed by atoms with Gasteiger partial charge in [0.15, 0.2) is 0 Å². The van der Waals surface area contributed by atoms with Crippen LogP contribution in [0.3, 0.4) is 0 Å². The molecule has 2 aromatic rings. The molecule has 0 atom stereocenters. The maximum absolute atomic E-state index is 5.55. The van der Waals surface area contributed by atoms with Crippen LogP contribution in [0.4, 0.5) is 0 Å². The SMILES string of the molecule is NCCc1ccc(-c2cncn2C2CC2)cc1. The van der Waals surface area contributed by atoms with Gasteiger partial charge in [0.05, 0.1) is 18.2 Å². The van der Waals surface area contributed by atoms with Crippen LogP contribution in [0.2, 0.25) is 0 Å². The molecule has 1 heterocycles. The molecule has 3 heteroatoms. The van der Waals surface area contributed by atoms with Crippen molar-refractivity contribution in [3.8, 4) is 11.3 Å². The lowest BCUT2D eigenvalue weighted by Gasteiger charge is -2.07. The molecule has 0 bridgehead atoms. The molecule has 1 saturated carbocycles. The van der Waals surface area contributed by atoms with Gasteiger partial charge in [-0.1, -0.05) is 24.3 Å². The van der Waals surface area contributed by atoms with Crippen molar-refractivity contribution < 1.29 is 0 Å². The van der Waals surface area contributed by atoms with Crippen LogP contribution in [-0.2, 0) is 6.42 Å². The highest BCUT2D eigenvalue weighted by Crippen LogP contribution is 2.38. The molecule has 0 saturated heterocycles. The zero-order valence-electron chi connectivity index (χ0n) is 9.84. The van der Waals surface area contributed by atoms with Crippen LogP contribution in [0.25, 0.3) is 11.3 Å². The summed E-state index contributed by atoms with van der Waals surface area (Å²) in [7, 11) is 0. The monoisotopic (exact) mass is 227 g/mol. The first kappa shape index (κ1) is 10.5. The highest BCUT2D eigenvalue weighted by Gasteiger charge is 2.25. The fraction of sp³-hybridized carbons (Fsp3) is 0.357. The number of benzene rings is 1. The molecule has 0 aliphatic heterocycles. The molecule has 1 aromatic carbocycles. The summed E-state index contributed by atoms with van der Waals surface area (Å²) in [6.07, 6.45) is 7.42. The Hall–Kier alpha value is -1.61. The number of nitrogens with zero attached hydrogens (tertiary/aromatic N) is 2. The number of nitrogens with two attached hydrogens (primary N) is 1. The van der Waals surface area contributed by atoms with Crippen LogP contribution >= 0.6 is 0 Å². The topological polar surface area (TPSA) is 43.8 Å². The lowest BCUT2D eigenvalue weighted by atomic mass is 10.1. The summed E-state index contributed by atoms with van der Waals surface area (Å²) in [6, 6.07) is 9.33. The zero-order valence-corrected chi connectivity index (χ0v) is 9.84. The predicted octanol–water partition coefficient (Wildman–Crippen LogP) is 2.39. The van der Waals surface area contributed by atoms with Gasteiger partial charge in [-0.3, -0.25) is 0 Å². The summed E-state index contributed by atoms with van der Waals surface area (Å²) < 4.78 is 2.29. The third-order valence-corrected chi connectivity index (χ3v) is 3.29. The van der Waals surface area contributed by atoms with Crippen molar-refractivity contribution in [2.45, 2.75) is 25.3 Å². The smallest absolute Gasteiger partial charge is 0.0953 e. The van der Waals surface area contributed by atoms with Crippen LogP contribution in [0.15, 0.2) is 36.8 Å². The molecule has 3 rings (SSSR count). The fourth-order valence-corrected chi connectivity index (χ4v) is 2.18. The summed E-state index contributed by atoms with van der Waals surface area (Å²) in [5, 5.41) is 0. The molecule has 0 spiro atoms. The summed E-state index contributed by atoms with van der Waals surface area (Å²) in [6.45, 7) is 0.708. The van der Waals surface area contributed by atoms with E-state index < -0.39 is 0 Å². The molecule has 1 aromatic heterocycles. The maximum Gasteiger partial charge on any atom is 0.0953 e. The van der Waals surface area contributed by atoms with Crippen molar-refractivity contribution in [2.75, 3.05) is 6.54 Å². The average Bonchev–Trinajstić information content (AvgIpc) is 3.09. The second-order valence-electron chi connectivity index (χ2n) is 4.65. The standard InChI is InChI=1S/C14H17N3/c15-8-7-11-1-3-12(4-2-11)14-9-16-10-17(14)13-5-6-13/h1-4,9-10,13H,5-8,15H2. The lowest BCUT2D eigenvalue weighted by Crippen LogP contribution is -2.02. The van der Waals surface area contributed by atoms with E-state index in [1.165, 1.54) is 29.7 Å². The molecule has 1 aliphatic carbocycles. The van der Waals surface area contributed by atoms with E-state index >= 15 is 0 Å². The fourth-order valence-electron chi connectivity index (χ4n) is 2.18. The van der Waals surface area contributed by atoms with E-state index in [1.54, 1.807) is 0 Å². The second-order valence-corrected chi connectivity index (χ2v) is 4.65. The number of imidazole rings is 1. The van der Waals surface area contributed by atoms with Crippen molar-refractivity contribution in [3.05, 3.63) is 42.4 Å². The van der Waals surface area contributed by atoms with Gasteiger partial charge in [0.1, 0.15) is 0 Å². The number of hydrogen-bond donors (Lipinski definition) is 1. The normalized spacial score (nSPS) is 15.1. The number of rotatable bonds is 4. The molecule has 1 fully saturated rings. The summed E-state index contributed by atoms with van der Waals surface area (Å²) in [5.41, 5.74) is 9.32. The molecule has 0 radical (unpaired) electrons. The largest absolute Gasteiger partial charge is 0.330 e. The highest BCUT2D eigenvalue weighted by molar-refractivity contribution is 5.59. The van der Waals surface area contributed by atoms with E-state index in [1.807, 2.05) is 12.5 Å².